The number of fused-ring (bicyclic) bond motifs is 11. The molecule has 7 rings (SSSR count). The SMILES string of the molecule is C(=Cc1ccc2c3ccccc3c3c4ccccc4c4ccccc4c3c2c1)c1ccccc1. The molecule has 7 aromatic rings. The first-order valence-corrected chi connectivity index (χ1v) is 11.8. The average molecular weight is 431 g/mol. The molecular weight excluding hydrogens is 408 g/mol. The fourth-order valence-corrected chi connectivity index (χ4v) is 5.50. The first kappa shape index (κ1) is 19.1. The normalized spacial score (nSPS) is 12.0. The van der Waals surface area contributed by atoms with Crippen LogP contribution in [0.3, 0.4) is 0 Å². The summed E-state index contributed by atoms with van der Waals surface area (Å²) < 4.78 is 0. The van der Waals surface area contributed by atoms with Crippen LogP contribution >= 0.6 is 0 Å². The monoisotopic (exact) mass is 430 g/mol. The van der Waals surface area contributed by atoms with Gasteiger partial charge in [-0.2, -0.15) is 0 Å². The molecule has 0 aliphatic heterocycles. The highest BCUT2D eigenvalue weighted by molar-refractivity contribution is 6.39. The molecule has 0 nitrogen and oxygen atoms in total. The van der Waals surface area contributed by atoms with E-state index < -0.39 is 0 Å². The van der Waals surface area contributed by atoms with Crippen LogP contribution in [-0.4, -0.2) is 0 Å². The third-order valence-corrected chi connectivity index (χ3v) is 7.00. The molecule has 0 spiro atoms. The lowest BCUT2D eigenvalue weighted by Crippen LogP contribution is -1.88. The molecule has 0 saturated heterocycles. The van der Waals surface area contributed by atoms with Crippen molar-refractivity contribution in [3.63, 3.8) is 0 Å². The van der Waals surface area contributed by atoms with E-state index in [1.165, 1.54) is 65.0 Å². The lowest BCUT2D eigenvalue weighted by molar-refractivity contribution is 1.66. The van der Waals surface area contributed by atoms with E-state index in [4.69, 9.17) is 0 Å². The number of rotatable bonds is 2. The van der Waals surface area contributed by atoms with Crippen LogP contribution in [0.4, 0.5) is 0 Å². The Labute approximate surface area is 198 Å². The van der Waals surface area contributed by atoms with Gasteiger partial charge in [-0.15, -0.1) is 0 Å². The van der Waals surface area contributed by atoms with Crippen LogP contribution in [-0.2, 0) is 0 Å². The van der Waals surface area contributed by atoms with Crippen LogP contribution < -0.4 is 0 Å². The lowest BCUT2D eigenvalue weighted by Gasteiger charge is -2.16. The van der Waals surface area contributed by atoms with Crippen LogP contribution in [0.5, 0.6) is 0 Å². The van der Waals surface area contributed by atoms with Gasteiger partial charge in [0.25, 0.3) is 0 Å². The average Bonchev–Trinajstić information content (AvgIpc) is 2.92. The van der Waals surface area contributed by atoms with E-state index >= 15 is 0 Å². The predicted octanol–water partition coefficient (Wildman–Crippen LogP) is 9.62. The Balaban J connectivity index is 1.68. The van der Waals surface area contributed by atoms with Gasteiger partial charge in [0, 0.05) is 0 Å². The van der Waals surface area contributed by atoms with E-state index in [1.54, 1.807) is 0 Å². The van der Waals surface area contributed by atoms with Gasteiger partial charge in [0.05, 0.1) is 0 Å². The summed E-state index contributed by atoms with van der Waals surface area (Å²) in [5.74, 6) is 0. The Morgan fingerprint density at radius 3 is 1.26 bits per heavy atom. The summed E-state index contributed by atoms with van der Waals surface area (Å²) in [6, 6.07) is 44.0. The van der Waals surface area contributed by atoms with Crippen LogP contribution in [0.1, 0.15) is 11.1 Å². The minimum Gasteiger partial charge on any atom is -0.0622 e. The summed E-state index contributed by atoms with van der Waals surface area (Å²) in [6.07, 6.45) is 4.41. The molecule has 7 aromatic carbocycles. The lowest BCUT2D eigenvalue weighted by atomic mass is 9.87. The van der Waals surface area contributed by atoms with Crippen molar-refractivity contribution in [2.75, 3.05) is 0 Å². The third kappa shape index (κ3) is 2.86. The van der Waals surface area contributed by atoms with Crippen molar-refractivity contribution < 1.29 is 0 Å². The topological polar surface area (TPSA) is 0 Å². The molecule has 0 bridgehead atoms. The zero-order valence-electron chi connectivity index (χ0n) is 18.7. The molecule has 0 heteroatoms. The van der Waals surface area contributed by atoms with Gasteiger partial charge >= 0.3 is 0 Å². The summed E-state index contributed by atoms with van der Waals surface area (Å²) >= 11 is 0. The van der Waals surface area contributed by atoms with Gasteiger partial charge < -0.3 is 0 Å². The Bertz CT molecular complexity index is 1870. The Hall–Kier alpha value is -4.42. The molecule has 0 saturated carbocycles. The second-order valence-corrected chi connectivity index (χ2v) is 8.94. The molecule has 34 heavy (non-hydrogen) atoms. The molecule has 0 aliphatic carbocycles. The van der Waals surface area contributed by atoms with E-state index in [0.717, 1.165) is 0 Å². The summed E-state index contributed by atoms with van der Waals surface area (Å²) in [5, 5.41) is 13.2. The van der Waals surface area contributed by atoms with Crippen molar-refractivity contribution in [1.29, 1.82) is 0 Å². The maximum absolute atomic E-state index is 2.37. The first-order valence-electron chi connectivity index (χ1n) is 11.8. The summed E-state index contributed by atoms with van der Waals surface area (Å²) in [4.78, 5) is 0. The van der Waals surface area contributed by atoms with Gasteiger partial charge in [-0.3, -0.25) is 0 Å². The summed E-state index contributed by atoms with van der Waals surface area (Å²) in [5.41, 5.74) is 2.42. The molecule has 0 amide bonds. The van der Waals surface area contributed by atoms with E-state index in [2.05, 4.69) is 133 Å². The minimum absolute atomic E-state index is 1.21. The van der Waals surface area contributed by atoms with Crippen molar-refractivity contribution in [3.05, 3.63) is 132 Å². The maximum atomic E-state index is 2.37. The molecule has 0 aliphatic rings. The Morgan fingerprint density at radius 1 is 0.294 bits per heavy atom. The molecule has 0 N–H and O–H groups in total. The fraction of sp³-hybridized carbons (Fsp3) is 0. The number of hydrogen-bond donors (Lipinski definition) is 0. The smallest absolute Gasteiger partial charge is 0.00137 e. The van der Waals surface area contributed by atoms with Gasteiger partial charge in [0.2, 0.25) is 0 Å². The highest BCUT2D eigenvalue weighted by atomic mass is 14.2. The van der Waals surface area contributed by atoms with Crippen molar-refractivity contribution in [2.24, 2.45) is 0 Å². The van der Waals surface area contributed by atoms with E-state index in [0.29, 0.717) is 0 Å². The first-order chi connectivity index (χ1) is 16.9. The molecule has 0 aromatic heterocycles. The van der Waals surface area contributed by atoms with Gasteiger partial charge in [-0.05, 0) is 71.1 Å². The quantitative estimate of drug-likeness (QED) is 0.189. The predicted molar refractivity (Wildman–Crippen MR) is 149 cm³/mol. The Morgan fingerprint density at radius 2 is 0.706 bits per heavy atom. The van der Waals surface area contributed by atoms with Gasteiger partial charge in [-0.25, -0.2) is 0 Å². The molecule has 0 atom stereocenters. The van der Waals surface area contributed by atoms with Crippen LogP contribution in [0.15, 0.2) is 121 Å². The van der Waals surface area contributed by atoms with Crippen LogP contribution in [0, 0.1) is 0 Å². The number of benzene rings is 7. The summed E-state index contributed by atoms with van der Waals surface area (Å²) in [6.45, 7) is 0. The Kier molecular flexibility index (Phi) is 4.25. The van der Waals surface area contributed by atoms with Gasteiger partial charge in [-0.1, -0.05) is 127 Å². The largest absolute Gasteiger partial charge is 0.0622 e. The minimum atomic E-state index is 1.21. The van der Waals surface area contributed by atoms with Gasteiger partial charge in [0.15, 0.2) is 0 Å². The highest BCUT2D eigenvalue weighted by Crippen LogP contribution is 2.43. The van der Waals surface area contributed by atoms with Crippen LogP contribution in [0.25, 0.3) is 66.0 Å². The highest BCUT2D eigenvalue weighted by Gasteiger charge is 2.15. The zero-order chi connectivity index (χ0) is 22.5. The van der Waals surface area contributed by atoms with E-state index in [1.807, 2.05) is 0 Å². The van der Waals surface area contributed by atoms with Crippen molar-refractivity contribution in [3.8, 4) is 0 Å². The molecule has 158 valence electrons. The molecular formula is C34H22. The molecule has 0 fully saturated rings. The van der Waals surface area contributed by atoms with Gasteiger partial charge in [0.1, 0.15) is 0 Å². The number of hydrogen-bond acceptors (Lipinski definition) is 0. The zero-order valence-corrected chi connectivity index (χ0v) is 18.7. The van der Waals surface area contributed by atoms with E-state index in [-0.39, 0.29) is 0 Å². The third-order valence-electron chi connectivity index (χ3n) is 7.00. The fourth-order valence-electron chi connectivity index (χ4n) is 5.50. The van der Waals surface area contributed by atoms with Crippen molar-refractivity contribution in [2.45, 2.75) is 0 Å². The second-order valence-electron chi connectivity index (χ2n) is 8.94. The maximum Gasteiger partial charge on any atom is -0.00137 e. The van der Waals surface area contributed by atoms with Crippen molar-refractivity contribution in [1.82, 2.24) is 0 Å². The van der Waals surface area contributed by atoms with Crippen molar-refractivity contribution >= 4 is 66.0 Å². The molecule has 0 unspecified atom stereocenters. The standard InChI is InChI=1S/C34H22/c1-2-10-23(11-3-1)18-19-24-20-21-28-27-14-6-8-16-30(27)33-29-15-7-4-12-25(29)26-13-5-9-17-31(26)34(33)32(28)22-24/h1-22H. The van der Waals surface area contributed by atoms with E-state index in [9.17, 15) is 0 Å². The molecule has 0 heterocycles. The summed E-state index contributed by atoms with van der Waals surface area (Å²) in [7, 11) is 0. The second kappa shape index (κ2) is 7.57. The van der Waals surface area contributed by atoms with Crippen LogP contribution in [0.2, 0.25) is 0 Å². The molecule has 0 radical (unpaired) electrons.